The highest BCUT2D eigenvalue weighted by Crippen LogP contribution is 2.34. The molecule has 3 aromatic rings. The van der Waals surface area contributed by atoms with E-state index in [9.17, 15) is 4.79 Å². The zero-order chi connectivity index (χ0) is 21.3. The van der Waals surface area contributed by atoms with Crippen LogP contribution in [0.1, 0.15) is 18.4 Å². The maximum atomic E-state index is 13.1. The molecule has 1 aliphatic rings. The third-order valence-corrected chi connectivity index (χ3v) is 6.91. The summed E-state index contributed by atoms with van der Waals surface area (Å²) >= 11 is 19.8. The molecule has 30 heavy (non-hydrogen) atoms. The number of anilines is 1. The number of carbonyl (C=O) groups is 1. The standard InChI is InChI=1S/C21H19Cl3N2O3S/c1-12-15(23)5-7-18-20(12)25-21(30-18)26(10-14-3-2-8-28-14)19(27)11-29-17-6-4-13(22)9-16(17)24/h4-7,9,14H,2-3,8,10-11H2,1H3. The number of aryl methyl sites for hydroxylation is 1. The molecule has 0 bridgehead atoms. The Labute approximate surface area is 193 Å². The van der Waals surface area contributed by atoms with E-state index in [1.807, 2.05) is 19.1 Å². The van der Waals surface area contributed by atoms with Crippen LogP contribution in [0.5, 0.6) is 5.75 Å². The maximum absolute atomic E-state index is 13.1. The molecule has 0 N–H and O–H groups in total. The summed E-state index contributed by atoms with van der Waals surface area (Å²) in [5.74, 6) is 0.178. The lowest BCUT2D eigenvalue weighted by molar-refractivity contribution is -0.120. The number of rotatable bonds is 6. The molecular weight excluding hydrogens is 467 g/mol. The molecular formula is C21H19Cl3N2O3S. The predicted molar refractivity (Wildman–Crippen MR) is 123 cm³/mol. The molecule has 1 aliphatic heterocycles. The quantitative estimate of drug-likeness (QED) is 0.420. The second-order valence-corrected chi connectivity index (χ2v) is 9.28. The molecule has 2 heterocycles. The second kappa shape index (κ2) is 9.28. The van der Waals surface area contributed by atoms with Gasteiger partial charge in [-0.1, -0.05) is 46.1 Å². The van der Waals surface area contributed by atoms with Gasteiger partial charge in [-0.25, -0.2) is 4.98 Å². The highest BCUT2D eigenvalue weighted by molar-refractivity contribution is 7.22. The molecule has 1 fully saturated rings. The Bertz CT molecular complexity index is 1080. The van der Waals surface area contributed by atoms with Gasteiger partial charge >= 0.3 is 0 Å². The number of nitrogens with zero attached hydrogens (tertiary/aromatic N) is 2. The molecule has 0 radical (unpaired) electrons. The zero-order valence-electron chi connectivity index (χ0n) is 16.2. The predicted octanol–water partition coefficient (Wildman–Crippen LogP) is 6.16. The molecule has 1 saturated heterocycles. The third kappa shape index (κ3) is 4.68. The van der Waals surface area contributed by atoms with Gasteiger partial charge in [0.1, 0.15) is 5.75 Å². The van der Waals surface area contributed by atoms with Crippen LogP contribution >= 0.6 is 46.1 Å². The molecule has 0 spiro atoms. The lowest BCUT2D eigenvalue weighted by Crippen LogP contribution is -2.40. The molecule has 1 amide bonds. The first-order chi connectivity index (χ1) is 14.4. The SMILES string of the molecule is Cc1c(Cl)ccc2sc(N(CC3CCCO3)C(=O)COc3ccc(Cl)cc3Cl)nc12. The summed E-state index contributed by atoms with van der Waals surface area (Å²) in [5, 5.41) is 2.10. The summed E-state index contributed by atoms with van der Waals surface area (Å²) in [6.45, 7) is 2.87. The van der Waals surface area contributed by atoms with Gasteiger partial charge in [-0.05, 0) is 55.7 Å². The summed E-state index contributed by atoms with van der Waals surface area (Å²) in [4.78, 5) is 19.5. The van der Waals surface area contributed by atoms with Crippen LogP contribution in [0, 0.1) is 6.92 Å². The van der Waals surface area contributed by atoms with E-state index in [1.54, 1.807) is 23.1 Å². The number of fused-ring (bicyclic) bond motifs is 1. The lowest BCUT2D eigenvalue weighted by atomic mass is 10.2. The number of ether oxygens (including phenoxy) is 2. The van der Waals surface area contributed by atoms with Crippen LogP contribution in [0.25, 0.3) is 10.2 Å². The minimum absolute atomic E-state index is 0.0234. The summed E-state index contributed by atoms with van der Waals surface area (Å²) in [6, 6.07) is 8.65. The van der Waals surface area contributed by atoms with Gasteiger partial charge in [0, 0.05) is 16.7 Å². The highest BCUT2D eigenvalue weighted by atomic mass is 35.5. The maximum Gasteiger partial charge on any atom is 0.266 e. The topological polar surface area (TPSA) is 51.7 Å². The Morgan fingerprint density at radius 3 is 2.83 bits per heavy atom. The largest absolute Gasteiger partial charge is 0.482 e. The van der Waals surface area contributed by atoms with E-state index in [0.717, 1.165) is 28.6 Å². The van der Waals surface area contributed by atoms with E-state index in [0.29, 0.717) is 39.1 Å². The molecule has 5 nitrogen and oxygen atoms in total. The molecule has 9 heteroatoms. The van der Waals surface area contributed by atoms with Crippen molar-refractivity contribution in [3.63, 3.8) is 0 Å². The fourth-order valence-corrected chi connectivity index (χ4v) is 4.96. The molecule has 1 aromatic heterocycles. The van der Waals surface area contributed by atoms with Crippen LogP contribution in [0.4, 0.5) is 5.13 Å². The summed E-state index contributed by atoms with van der Waals surface area (Å²) in [6.07, 6.45) is 1.87. The van der Waals surface area contributed by atoms with Crippen LogP contribution in [0.3, 0.4) is 0 Å². The van der Waals surface area contributed by atoms with Crippen molar-refractivity contribution in [1.29, 1.82) is 0 Å². The highest BCUT2D eigenvalue weighted by Gasteiger charge is 2.27. The Balaban J connectivity index is 1.59. The number of carbonyl (C=O) groups excluding carboxylic acids is 1. The van der Waals surface area contributed by atoms with Crippen molar-refractivity contribution in [2.75, 3.05) is 24.7 Å². The van der Waals surface area contributed by atoms with Crippen LogP contribution < -0.4 is 9.64 Å². The monoisotopic (exact) mass is 484 g/mol. The first-order valence-electron chi connectivity index (χ1n) is 9.48. The van der Waals surface area contributed by atoms with E-state index in [1.165, 1.54) is 11.3 Å². The number of amides is 1. The van der Waals surface area contributed by atoms with Crippen LogP contribution in [-0.2, 0) is 9.53 Å². The van der Waals surface area contributed by atoms with E-state index >= 15 is 0 Å². The lowest BCUT2D eigenvalue weighted by Gasteiger charge is -2.23. The van der Waals surface area contributed by atoms with Crippen molar-refractivity contribution < 1.29 is 14.3 Å². The zero-order valence-corrected chi connectivity index (χ0v) is 19.2. The van der Waals surface area contributed by atoms with Gasteiger partial charge in [0.25, 0.3) is 5.91 Å². The first-order valence-corrected chi connectivity index (χ1v) is 11.4. The smallest absolute Gasteiger partial charge is 0.266 e. The molecule has 1 atom stereocenters. The van der Waals surface area contributed by atoms with Crippen LogP contribution in [0.15, 0.2) is 30.3 Å². The van der Waals surface area contributed by atoms with Gasteiger partial charge in [-0.15, -0.1) is 0 Å². The van der Waals surface area contributed by atoms with Crippen molar-refractivity contribution in [1.82, 2.24) is 4.98 Å². The molecule has 2 aromatic carbocycles. The number of aromatic nitrogens is 1. The van der Waals surface area contributed by atoms with Gasteiger partial charge in [-0.3, -0.25) is 9.69 Å². The Morgan fingerprint density at radius 2 is 2.10 bits per heavy atom. The molecule has 4 rings (SSSR count). The summed E-state index contributed by atoms with van der Waals surface area (Å²) < 4.78 is 12.4. The molecule has 158 valence electrons. The van der Waals surface area contributed by atoms with Crippen molar-refractivity contribution in [2.24, 2.45) is 0 Å². The number of halogens is 3. The van der Waals surface area contributed by atoms with Crippen LogP contribution in [0.2, 0.25) is 15.1 Å². The summed E-state index contributed by atoms with van der Waals surface area (Å²) in [7, 11) is 0. The van der Waals surface area contributed by atoms with Crippen molar-refractivity contribution in [3.05, 3.63) is 51.0 Å². The third-order valence-electron chi connectivity index (χ3n) is 4.92. The average Bonchev–Trinajstić information content (AvgIpc) is 3.38. The fraction of sp³-hybridized carbons (Fsp3) is 0.333. The minimum atomic E-state index is -0.223. The van der Waals surface area contributed by atoms with Gasteiger partial charge in [0.05, 0.1) is 27.9 Å². The number of hydrogen-bond acceptors (Lipinski definition) is 5. The normalized spacial score (nSPS) is 16.2. The van der Waals surface area contributed by atoms with E-state index < -0.39 is 0 Å². The number of benzene rings is 2. The Kier molecular flexibility index (Phi) is 6.70. The van der Waals surface area contributed by atoms with Gasteiger partial charge in [0.15, 0.2) is 11.7 Å². The molecule has 0 aliphatic carbocycles. The average molecular weight is 486 g/mol. The molecule has 1 unspecified atom stereocenters. The summed E-state index contributed by atoms with van der Waals surface area (Å²) in [5.41, 5.74) is 1.69. The van der Waals surface area contributed by atoms with Crippen LogP contribution in [-0.4, -0.2) is 36.8 Å². The molecule has 0 saturated carbocycles. The first kappa shape index (κ1) is 21.7. The van der Waals surface area contributed by atoms with Gasteiger partial charge in [-0.2, -0.15) is 0 Å². The van der Waals surface area contributed by atoms with Crippen molar-refractivity contribution in [3.8, 4) is 5.75 Å². The fourth-order valence-electron chi connectivity index (χ4n) is 3.29. The Hall–Kier alpha value is -1.57. The van der Waals surface area contributed by atoms with E-state index in [2.05, 4.69) is 0 Å². The Morgan fingerprint density at radius 1 is 1.27 bits per heavy atom. The van der Waals surface area contributed by atoms with Crippen molar-refractivity contribution in [2.45, 2.75) is 25.9 Å². The van der Waals surface area contributed by atoms with Gasteiger partial charge < -0.3 is 9.47 Å². The number of hydrogen-bond donors (Lipinski definition) is 0. The van der Waals surface area contributed by atoms with E-state index in [4.69, 9.17) is 49.3 Å². The second-order valence-electron chi connectivity index (χ2n) is 7.02. The van der Waals surface area contributed by atoms with Crippen molar-refractivity contribution >= 4 is 67.4 Å². The van der Waals surface area contributed by atoms with E-state index in [-0.39, 0.29) is 18.6 Å². The minimum Gasteiger partial charge on any atom is -0.482 e. The number of thiazole rings is 1. The van der Waals surface area contributed by atoms with Gasteiger partial charge in [0.2, 0.25) is 0 Å².